The molecular weight excluding hydrogens is 344 g/mol. The maximum Gasteiger partial charge on any atom is 0.315 e. The van der Waals surface area contributed by atoms with E-state index in [2.05, 4.69) is 10.6 Å². The Balaban J connectivity index is 1.36. The molecule has 1 spiro atoms. The zero-order valence-corrected chi connectivity index (χ0v) is 15.5. The Labute approximate surface area is 159 Å². The van der Waals surface area contributed by atoms with Gasteiger partial charge in [0.25, 0.3) is 0 Å². The number of hydrogen-bond donors (Lipinski definition) is 3. The number of benzene rings is 1. The van der Waals surface area contributed by atoms with Gasteiger partial charge in [-0.05, 0) is 37.7 Å². The van der Waals surface area contributed by atoms with Gasteiger partial charge in [0.1, 0.15) is 0 Å². The van der Waals surface area contributed by atoms with Crippen LogP contribution in [0.25, 0.3) is 0 Å². The Bertz CT molecular complexity index is 689. The third-order valence-corrected chi connectivity index (χ3v) is 6.69. The quantitative estimate of drug-likeness (QED) is 0.687. The van der Waals surface area contributed by atoms with Gasteiger partial charge in [-0.1, -0.05) is 36.8 Å². The number of fused-ring (bicyclic) bond motifs is 2. The van der Waals surface area contributed by atoms with Crippen molar-refractivity contribution in [2.45, 2.75) is 63.1 Å². The van der Waals surface area contributed by atoms with Gasteiger partial charge in [-0.3, -0.25) is 4.79 Å². The summed E-state index contributed by atoms with van der Waals surface area (Å²) in [7, 11) is 0. The van der Waals surface area contributed by atoms with Crippen LogP contribution in [-0.2, 0) is 16.0 Å². The Hall–Kier alpha value is -2.08. The minimum atomic E-state index is -0.839. The van der Waals surface area contributed by atoms with E-state index in [1.54, 1.807) is 0 Å². The van der Waals surface area contributed by atoms with E-state index in [1.165, 1.54) is 6.42 Å². The van der Waals surface area contributed by atoms with Crippen molar-refractivity contribution in [3.8, 4) is 0 Å². The lowest BCUT2D eigenvalue weighted by Crippen LogP contribution is -2.72. The molecule has 4 unspecified atom stereocenters. The summed E-state index contributed by atoms with van der Waals surface area (Å²) < 4.78 is 5.91. The number of carbonyl (C=O) groups is 2. The van der Waals surface area contributed by atoms with E-state index in [1.807, 2.05) is 30.3 Å². The second kappa shape index (κ2) is 7.50. The van der Waals surface area contributed by atoms with Crippen LogP contribution in [0.2, 0.25) is 0 Å². The van der Waals surface area contributed by atoms with Crippen LogP contribution in [0.1, 0.15) is 44.1 Å². The van der Waals surface area contributed by atoms with Gasteiger partial charge in [0.05, 0.1) is 6.10 Å². The minimum Gasteiger partial charge on any atom is -0.481 e. The number of carboxylic acid groups (broad SMARTS) is 1. The van der Waals surface area contributed by atoms with E-state index in [4.69, 9.17) is 9.84 Å². The Morgan fingerprint density at radius 2 is 2.04 bits per heavy atom. The zero-order chi connectivity index (χ0) is 18.9. The topological polar surface area (TPSA) is 87.7 Å². The molecule has 2 saturated carbocycles. The molecule has 0 radical (unpaired) electrons. The number of amides is 2. The standard InChI is InChI=1S/C21H28N2O4/c24-17(25)8-7-15(13-14-5-2-1-3-6-14)22-20(26)23-18-16-9-12-27-19(16)21(18)10-4-11-21/h1-3,5-6,15-16,18-19H,4,7-13H2,(H,24,25)(H2,22,23,26). The highest BCUT2D eigenvalue weighted by atomic mass is 16.5. The summed E-state index contributed by atoms with van der Waals surface area (Å²) in [6, 6.07) is 9.68. The minimum absolute atomic E-state index is 0.0453. The van der Waals surface area contributed by atoms with Gasteiger partial charge in [-0.2, -0.15) is 0 Å². The van der Waals surface area contributed by atoms with Gasteiger partial charge >= 0.3 is 12.0 Å². The van der Waals surface area contributed by atoms with Crippen molar-refractivity contribution in [3.05, 3.63) is 35.9 Å². The molecule has 2 aliphatic carbocycles. The van der Waals surface area contributed by atoms with Gasteiger partial charge in [-0.25, -0.2) is 4.79 Å². The monoisotopic (exact) mass is 372 g/mol. The van der Waals surface area contributed by atoms with Crippen molar-refractivity contribution < 1.29 is 19.4 Å². The lowest BCUT2D eigenvalue weighted by molar-refractivity contribution is -0.172. The first kappa shape index (κ1) is 18.3. The number of carbonyl (C=O) groups excluding carboxylic acids is 1. The second-order valence-corrected chi connectivity index (χ2v) is 8.25. The van der Waals surface area contributed by atoms with Gasteiger partial charge in [0.15, 0.2) is 0 Å². The van der Waals surface area contributed by atoms with Crippen LogP contribution in [0.15, 0.2) is 30.3 Å². The summed E-state index contributed by atoms with van der Waals surface area (Å²) in [6.45, 7) is 0.798. The molecule has 146 valence electrons. The lowest BCUT2D eigenvalue weighted by Gasteiger charge is -2.63. The number of hydrogen-bond acceptors (Lipinski definition) is 3. The molecule has 4 rings (SSSR count). The molecule has 0 bridgehead atoms. The smallest absolute Gasteiger partial charge is 0.315 e. The predicted octanol–water partition coefficient (Wildman–Crippen LogP) is 2.72. The Morgan fingerprint density at radius 1 is 1.26 bits per heavy atom. The van der Waals surface area contributed by atoms with Crippen LogP contribution in [0, 0.1) is 11.3 Å². The molecule has 3 aliphatic rings. The van der Waals surface area contributed by atoms with E-state index >= 15 is 0 Å². The van der Waals surface area contributed by atoms with E-state index in [9.17, 15) is 9.59 Å². The second-order valence-electron chi connectivity index (χ2n) is 8.25. The first-order valence-electron chi connectivity index (χ1n) is 10.0. The fourth-order valence-corrected chi connectivity index (χ4v) is 5.25. The van der Waals surface area contributed by atoms with Crippen molar-refractivity contribution in [1.29, 1.82) is 0 Å². The molecule has 1 aromatic carbocycles. The van der Waals surface area contributed by atoms with Crippen molar-refractivity contribution in [2.75, 3.05) is 6.61 Å². The normalized spacial score (nSPS) is 28.5. The summed E-state index contributed by atoms with van der Waals surface area (Å²) in [5.41, 5.74) is 1.24. The fourth-order valence-electron chi connectivity index (χ4n) is 5.25. The molecular formula is C21H28N2O4. The number of nitrogens with one attached hydrogen (secondary N) is 2. The van der Waals surface area contributed by atoms with E-state index in [0.717, 1.165) is 31.4 Å². The highest BCUT2D eigenvalue weighted by Crippen LogP contribution is 2.62. The maximum absolute atomic E-state index is 12.7. The summed E-state index contributed by atoms with van der Waals surface area (Å²) in [4.78, 5) is 23.7. The number of rotatable bonds is 7. The molecule has 1 aliphatic heterocycles. The third-order valence-electron chi connectivity index (χ3n) is 6.69. The van der Waals surface area contributed by atoms with Crippen LogP contribution >= 0.6 is 0 Å². The summed E-state index contributed by atoms with van der Waals surface area (Å²) in [5.74, 6) is -0.406. The zero-order valence-electron chi connectivity index (χ0n) is 15.5. The highest BCUT2D eigenvalue weighted by molar-refractivity contribution is 5.75. The van der Waals surface area contributed by atoms with Crippen LogP contribution in [-0.4, -0.2) is 41.9 Å². The van der Waals surface area contributed by atoms with Gasteiger partial charge in [0, 0.05) is 36.4 Å². The number of carboxylic acids is 1. The number of aliphatic carboxylic acids is 1. The molecule has 27 heavy (non-hydrogen) atoms. The summed E-state index contributed by atoms with van der Waals surface area (Å²) >= 11 is 0. The molecule has 2 amide bonds. The molecule has 3 fully saturated rings. The van der Waals surface area contributed by atoms with Gasteiger partial charge in [0.2, 0.25) is 0 Å². The summed E-state index contributed by atoms with van der Waals surface area (Å²) in [5, 5.41) is 15.3. The van der Waals surface area contributed by atoms with Crippen molar-refractivity contribution in [3.63, 3.8) is 0 Å². The largest absolute Gasteiger partial charge is 0.481 e. The fraction of sp³-hybridized carbons (Fsp3) is 0.619. The first-order chi connectivity index (χ1) is 13.1. The molecule has 1 heterocycles. The van der Waals surface area contributed by atoms with Gasteiger partial charge < -0.3 is 20.5 Å². The van der Waals surface area contributed by atoms with Crippen molar-refractivity contribution in [1.82, 2.24) is 10.6 Å². The maximum atomic E-state index is 12.7. The van der Waals surface area contributed by atoms with E-state index < -0.39 is 5.97 Å². The van der Waals surface area contributed by atoms with Crippen molar-refractivity contribution >= 4 is 12.0 Å². The van der Waals surface area contributed by atoms with Crippen LogP contribution in [0.3, 0.4) is 0 Å². The van der Waals surface area contributed by atoms with Gasteiger partial charge in [-0.15, -0.1) is 0 Å². The Kier molecular flexibility index (Phi) is 5.08. The van der Waals surface area contributed by atoms with Crippen LogP contribution in [0.5, 0.6) is 0 Å². The Morgan fingerprint density at radius 3 is 2.70 bits per heavy atom. The number of ether oxygens (including phenoxy) is 1. The molecule has 4 atom stereocenters. The molecule has 6 nitrogen and oxygen atoms in total. The average Bonchev–Trinajstić information content (AvgIpc) is 3.02. The third kappa shape index (κ3) is 3.55. The molecule has 0 aromatic heterocycles. The molecule has 1 saturated heterocycles. The molecule has 3 N–H and O–H groups in total. The van der Waals surface area contributed by atoms with Crippen LogP contribution in [0.4, 0.5) is 4.79 Å². The molecule has 1 aromatic rings. The van der Waals surface area contributed by atoms with E-state index in [0.29, 0.717) is 24.9 Å². The van der Waals surface area contributed by atoms with Crippen LogP contribution < -0.4 is 10.6 Å². The summed E-state index contributed by atoms with van der Waals surface area (Å²) in [6.07, 6.45) is 5.91. The lowest BCUT2D eigenvalue weighted by atomic mass is 9.46. The SMILES string of the molecule is O=C(O)CCC(Cc1ccccc1)NC(=O)NC1C2CCOC2C12CCC2. The number of urea groups is 1. The highest BCUT2D eigenvalue weighted by Gasteiger charge is 2.67. The van der Waals surface area contributed by atoms with Crippen molar-refractivity contribution in [2.24, 2.45) is 11.3 Å². The molecule has 6 heteroatoms. The average molecular weight is 372 g/mol. The predicted molar refractivity (Wildman–Crippen MR) is 100 cm³/mol. The first-order valence-corrected chi connectivity index (χ1v) is 10.0. The van der Waals surface area contributed by atoms with E-state index in [-0.39, 0.29) is 30.0 Å².